The van der Waals surface area contributed by atoms with E-state index < -0.39 is 9.84 Å². The van der Waals surface area contributed by atoms with Crippen molar-refractivity contribution < 1.29 is 13.2 Å². The Kier molecular flexibility index (Phi) is 7.62. The lowest BCUT2D eigenvalue weighted by Gasteiger charge is -2.18. The van der Waals surface area contributed by atoms with Crippen LogP contribution in [0, 0.1) is 0 Å². The van der Waals surface area contributed by atoms with Gasteiger partial charge in [-0.3, -0.25) is 0 Å². The van der Waals surface area contributed by atoms with Crippen molar-refractivity contribution in [3.8, 4) is 5.75 Å². The zero-order valence-electron chi connectivity index (χ0n) is 12.3. The van der Waals surface area contributed by atoms with Gasteiger partial charge in [0.1, 0.15) is 15.6 Å². The van der Waals surface area contributed by atoms with E-state index in [4.69, 9.17) is 4.74 Å². The van der Waals surface area contributed by atoms with Gasteiger partial charge in [0.2, 0.25) is 0 Å². The molecule has 0 bridgehead atoms. The van der Waals surface area contributed by atoms with Crippen molar-refractivity contribution in [3.05, 3.63) is 30.3 Å². The molecule has 5 heteroatoms. The second-order valence-corrected chi connectivity index (χ2v) is 7.28. The fraction of sp³-hybridized carbons (Fsp3) is 0.600. The Balaban J connectivity index is 2.35. The molecule has 0 saturated heterocycles. The first-order valence-corrected chi connectivity index (χ1v) is 9.16. The summed E-state index contributed by atoms with van der Waals surface area (Å²) in [6.45, 7) is 3.59. The second kappa shape index (κ2) is 8.97. The third kappa shape index (κ3) is 8.17. The van der Waals surface area contributed by atoms with Gasteiger partial charge in [-0.05, 0) is 37.9 Å². The van der Waals surface area contributed by atoms with Crippen molar-refractivity contribution in [2.24, 2.45) is 0 Å². The minimum absolute atomic E-state index is 0.188. The summed E-state index contributed by atoms with van der Waals surface area (Å²) in [5.41, 5.74) is 0. The molecule has 0 spiro atoms. The smallest absolute Gasteiger partial charge is 0.147 e. The molecule has 0 aliphatic rings. The van der Waals surface area contributed by atoms with E-state index in [0.29, 0.717) is 13.0 Å². The molecule has 0 saturated carbocycles. The maximum Gasteiger partial charge on any atom is 0.147 e. The molecular formula is C15H25NO3S. The first-order valence-electron chi connectivity index (χ1n) is 7.10. The average Bonchev–Trinajstić information content (AvgIpc) is 2.41. The zero-order valence-corrected chi connectivity index (χ0v) is 13.2. The number of hydrogen-bond donors (Lipinski definition) is 1. The molecule has 1 aromatic rings. The highest BCUT2D eigenvalue weighted by molar-refractivity contribution is 7.90. The summed E-state index contributed by atoms with van der Waals surface area (Å²) < 4.78 is 28.2. The van der Waals surface area contributed by atoms with Crippen molar-refractivity contribution in [1.29, 1.82) is 0 Å². The number of rotatable bonds is 10. The van der Waals surface area contributed by atoms with Crippen LogP contribution in [0.5, 0.6) is 5.75 Å². The van der Waals surface area contributed by atoms with Crippen LogP contribution >= 0.6 is 0 Å². The van der Waals surface area contributed by atoms with Gasteiger partial charge in [0.15, 0.2) is 0 Å². The molecule has 1 aromatic carbocycles. The molecule has 0 heterocycles. The van der Waals surface area contributed by atoms with Crippen LogP contribution in [-0.4, -0.2) is 39.6 Å². The summed E-state index contributed by atoms with van der Waals surface area (Å²) in [6.07, 6.45) is 3.76. The van der Waals surface area contributed by atoms with Gasteiger partial charge in [0, 0.05) is 12.3 Å². The topological polar surface area (TPSA) is 55.4 Å². The predicted molar refractivity (Wildman–Crippen MR) is 83.0 cm³/mol. The van der Waals surface area contributed by atoms with Gasteiger partial charge >= 0.3 is 0 Å². The van der Waals surface area contributed by atoms with E-state index in [1.54, 1.807) is 0 Å². The number of nitrogens with one attached hydrogen (secondary N) is 1. The molecule has 1 unspecified atom stereocenters. The lowest BCUT2D eigenvalue weighted by Crippen LogP contribution is -2.33. The number of ether oxygens (including phenoxy) is 1. The Bertz CT molecular complexity index is 459. The van der Waals surface area contributed by atoms with E-state index in [-0.39, 0.29) is 11.8 Å². The summed E-state index contributed by atoms with van der Waals surface area (Å²) >= 11 is 0. The highest BCUT2D eigenvalue weighted by Crippen LogP contribution is 2.10. The molecule has 0 radical (unpaired) electrons. The fourth-order valence-corrected chi connectivity index (χ4v) is 2.60. The van der Waals surface area contributed by atoms with E-state index >= 15 is 0 Å². The third-order valence-corrected chi connectivity index (χ3v) is 3.98. The quantitative estimate of drug-likeness (QED) is 0.720. The van der Waals surface area contributed by atoms with Gasteiger partial charge < -0.3 is 10.1 Å². The molecule has 0 fully saturated rings. The van der Waals surface area contributed by atoms with Crippen LogP contribution in [-0.2, 0) is 9.84 Å². The van der Waals surface area contributed by atoms with Crippen LogP contribution in [0.4, 0.5) is 0 Å². The molecule has 20 heavy (non-hydrogen) atoms. The largest absolute Gasteiger partial charge is 0.494 e. The molecule has 0 aromatic heterocycles. The van der Waals surface area contributed by atoms with E-state index in [1.807, 2.05) is 30.3 Å². The van der Waals surface area contributed by atoms with Crippen LogP contribution in [0.15, 0.2) is 30.3 Å². The van der Waals surface area contributed by atoms with Crippen LogP contribution in [0.2, 0.25) is 0 Å². The minimum atomic E-state index is -2.90. The summed E-state index contributed by atoms with van der Waals surface area (Å²) in [6, 6.07) is 9.85. The predicted octanol–water partition coefficient (Wildman–Crippen LogP) is 2.26. The maximum absolute atomic E-state index is 11.2. The van der Waals surface area contributed by atoms with Crippen LogP contribution < -0.4 is 10.1 Å². The van der Waals surface area contributed by atoms with Crippen molar-refractivity contribution in [3.63, 3.8) is 0 Å². The molecule has 0 aliphatic carbocycles. The standard InChI is InChI=1S/C15H25NO3S/c1-3-11-16-14(10-13-20(2,17)18)9-12-19-15-7-5-4-6-8-15/h4-8,14,16H,3,9-13H2,1-2H3. The molecular weight excluding hydrogens is 274 g/mol. The molecule has 0 aliphatic heterocycles. The van der Waals surface area contributed by atoms with Crippen molar-refractivity contribution in [1.82, 2.24) is 5.32 Å². The minimum Gasteiger partial charge on any atom is -0.494 e. The Morgan fingerprint density at radius 3 is 2.50 bits per heavy atom. The molecule has 0 amide bonds. The van der Waals surface area contributed by atoms with Crippen LogP contribution in [0.25, 0.3) is 0 Å². The maximum atomic E-state index is 11.2. The van der Waals surface area contributed by atoms with Crippen molar-refractivity contribution >= 4 is 9.84 Å². The van der Waals surface area contributed by atoms with Gasteiger partial charge in [-0.25, -0.2) is 8.42 Å². The van der Waals surface area contributed by atoms with E-state index in [9.17, 15) is 8.42 Å². The first-order chi connectivity index (χ1) is 9.51. The van der Waals surface area contributed by atoms with E-state index in [0.717, 1.165) is 25.1 Å². The number of benzene rings is 1. The molecule has 114 valence electrons. The van der Waals surface area contributed by atoms with Crippen LogP contribution in [0.3, 0.4) is 0 Å². The van der Waals surface area contributed by atoms with E-state index in [2.05, 4.69) is 12.2 Å². The first kappa shape index (κ1) is 17.0. The summed E-state index contributed by atoms with van der Waals surface area (Å²) in [5.74, 6) is 1.07. The van der Waals surface area contributed by atoms with E-state index in [1.165, 1.54) is 6.26 Å². The molecule has 1 rings (SSSR count). The van der Waals surface area contributed by atoms with Gasteiger partial charge in [-0.1, -0.05) is 25.1 Å². The zero-order chi connectivity index (χ0) is 14.8. The molecule has 1 atom stereocenters. The highest BCUT2D eigenvalue weighted by atomic mass is 32.2. The van der Waals surface area contributed by atoms with Gasteiger partial charge in [0.05, 0.1) is 12.4 Å². The summed E-state index contributed by atoms with van der Waals surface area (Å²) in [4.78, 5) is 0. The fourth-order valence-electron chi connectivity index (χ4n) is 1.89. The van der Waals surface area contributed by atoms with Gasteiger partial charge in [0.25, 0.3) is 0 Å². The highest BCUT2D eigenvalue weighted by Gasteiger charge is 2.11. The van der Waals surface area contributed by atoms with Crippen LogP contribution in [0.1, 0.15) is 26.2 Å². The monoisotopic (exact) mass is 299 g/mol. The lowest BCUT2D eigenvalue weighted by molar-refractivity contribution is 0.283. The van der Waals surface area contributed by atoms with Gasteiger partial charge in [-0.2, -0.15) is 0 Å². The number of para-hydroxylation sites is 1. The third-order valence-electron chi connectivity index (χ3n) is 3.00. The Morgan fingerprint density at radius 1 is 1.20 bits per heavy atom. The van der Waals surface area contributed by atoms with Crippen molar-refractivity contribution in [2.75, 3.05) is 25.2 Å². The summed E-state index contributed by atoms with van der Waals surface area (Å²) in [5, 5.41) is 3.38. The number of hydrogen-bond acceptors (Lipinski definition) is 4. The average molecular weight is 299 g/mol. The van der Waals surface area contributed by atoms with Crippen molar-refractivity contribution in [2.45, 2.75) is 32.2 Å². The second-order valence-electron chi connectivity index (χ2n) is 5.02. The normalized spacial score (nSPS) is 13.1. The van der Waals surface area contributed by atoms with Gasteiger partial charge in [-0.15, -0.1) is 0 Å². The Hall–Kier alpha value is -1.07. The lowest BCUT2D eigenvalue weighted by atomic mass is 10.1. The Morgan fingerprint density at radius 2 is 1.90 bits per heavy atom. The molecule has 4 nitrogen and oxygen atoms in total. The SMILES string of the molecule is CCCNC(CCOc1ccccc1)CCS(C)(=O)=O. The Labute approximate surface area is 122 Å². The molecule has 1 N–H and O–H groups in total. The summed E-state index contributed by atoms with van der Waals surface area (Å²) in [7, 11) is -2.90. The number of sulfone groups is 1.